The summed E-state index contributed by atoms with van der Waals surface area (Å²) in [6.07, 6.45) is -2.77. The number of nitrogens with zero attached hydrogens (tertiary/aromatic N) is 4. The SMILES string of the molecule is C[Se][C@H]1[C@H](O)[C@@H](CO[P@@](=O)(N[C@@H](C)C(=O)OC(C)C)Oc2ccccc2)O[C@H]1n1cnc2c(N)nc(F)nc21. The van der Waals surface area contributed by atoms with Crippen LogP contribution in [0.15, 0.2) is 36.7 Å². The first-order valence-electron chi connectivity index (χ1n) is 12.0. The van der Waals surface area contributed by atoms with Crippen LogP contribution in [0.3, 0.4) is 0 Å². The number of hydrogen-bond donors (Lipinski definition) is 3. The fraction of sp³-hybridized carbons (Fsp3) is 0.478. The number of ether oxygens (including phenoxy) is 2. The molecule has 4 rings (SSSR count). The molecule has 1 aliphatic rings. The number of imidazole rings is 1. The standard InChI is InChI=1S/C23H30FN6O7PSe/c1-12(2)35-22(32)13(3)29-38(33,37-14-8-6-5-7-9-14)34-10-15-17(31)18(39-4)21(36-15)30-11-26-16-19(25)27-23(24)28-20(16)30/h5-9,11-13,15,17-18,21,31H,10H2,1-4H3,(H,29,33)(H2,25,27,28)/t13-,15+,17+,18-,21+,38-/m0/s1. The number of fused-ring (bicyclic) bond motifs is 1. The molecular formula is C23H30FN6O7PSe. The summed E-state index contributed by atoms with van der Waals surface area (Å²) in [5.41, 5.74) is 6.09. The molecule has 0 amide bonds. The van der Waals surface area contributed by atoms with Gasteiger partial charge in [-0.3, -0.25) is 0 Å². The first-order chi connectivity index (χ1) is 18.5. The number of nitrogens with one attached hydrogen (secondary N) is 1. The maximum absolute atomic E-state index is 13.9. The van der Waals surface area contributed by atoms with Gasteiger partial charge in [0.15, 0.2) is 0 Å². The van der Waals surface area contributed by atoms with Gasteiger partial charge in [-0.15, -0.1) is 0 Å². The second-order valence-corrected chi connectivity index (χ2v) is 12.8. The van der Waals surface area contributed by atoms with Gasteiger partial charge in [0.1, 0.15) is 0 Å². The fourth-order valence-corrected chi connectivity index (χ4v) is 7.29. The van der Waals surface area contributed by atoms with Crippen LogP contribution in [0.1, 0.15) is 27.0 Å². The van der Waals surface area contributed by atoms with Crippen LogP contribution in [0.25, 0.3) is 11.2 Å². The molecular weight excluding hydrogens is 601 g/mol. The zero-order valence-corrected chi connectivity index (χ0v) is 24.2. The Bertz CT molecular complexity index is 1350. The Kier molecular flexibility index (Phi) is 9.22. The van der Waals surface area contributed by atoms with Crippen LogP contribution in [0, 0.1) is 6.08 Å². The van der Waals surface area contributed by atoms with E-state index >= 15 is 0 Å². The van der Waals surface area contributed by atoms with E-state index in [4.69, 9.17) is 24.3 Å². The van der Waals surface area contributed by atoms with E-state index in [0.29, 0.717) is 0 Å². The van der Waals surface area contributed by atoms with Crippen molar-refractivity contribution in [3.05, 3.63) is 42.7 Å². The van der Waals surface area contributed by atoms with E-state index in [1.54, 1.807) is 44.2 Å². The molecule has 1 aliphatic heterocycles. The number of rotatable bonds is 11. The summed E-state index contributed by atoms with van der Waals surface area (Å²) < 4.78 is 51.8. The Morgan fingerprint density at radius 3 is 2.69 bits per heavy atom. The molecule has 39 heavy (non-hydrogen) atoms. The van der Waals surface area contributed by atoms with Crippen molar-refractivity contribution in [2.24, 2.45) is 0 Å². The molecule has 0 spiro atoms. The monoisotopic (exact) mass is 632 g/mol. The normalized spacial score (nSPS) is 23.6. The molecule has 3 aromatic rings. The molecule has 1 fully saturated rings. The fourth-order valence-electron chi connectivity index (χ4n) is 3.94. The quantitative estimate of drug-likeness (QED) is 0.122. The minimum atomic E-state index is -4.18. The van der Waals surface area contributed by atoms with Crippen LogP contribution in [-0.2, 0) is 23.4 Å². The summed E-state index contributed by atoms with van der Waals surface area (Å²) in [7, 11) is -4.18. The summed E-state index contributed by atoms with van der Waals surface area (Å²) in [4.78, 5) is 23.4. The van der Waals surface area contributed by atoms with Gasteiger partial charge >= 0.3 is 230 Å². The molecule has 0 aliphatic carbocycles. The molecule has 13 nitrogen and oxygen atoms in total. The summed E-state index contributed by atoms with van der Waals surface area (Å²) in [5, 5.41) is 13.7. The number of nitrogens with two attached hydrogens (primary N) is 1. The number of aliphatic hydroxyl groups is 1. The van der Waals surface area contributed by atoms with Crippen molar-refractivity contribution < 1.29 is 37.4 Å². The van der Waals surface area contributed by atoms with Crippen molar-refractivity contribution in [2.75, 3.05) is 12.3 Å². The minimum absolute atomic E-state index is 0.116. The van der Waals surface area contributed by atoms with E-state index in [2.05, 4.69) is 20.0 Å². The topological polar surface area (TPSA) is 173 Å². The summed E-state index contributed by atoms with van der Waals surface area (Å²) in [6, 6.07) is 7.26. The van der Waals surface area contributed by atoms with Crippen molar-refractivity contribution in [3.8, 4) is 5.75 Å². The number of hydrogen-bond acceptors (Lipinski definition) is 11. The number of para-hydroxylation sites is 1. The van der Waals surface area contributed by atoms with Gasteiger partial charge in [-0.2, -0.15) is 0 Å². The summed E-state index contributed by atoms with van der Waals surface area (Å²) in [5.74, 6) is 1.39. The van der Waals surface area contributed by atoms with E-state index in [-0.39, 0.29) is 50.4 Å². The third-order valence-electron chi connectivity index (χ3n) is 5.71. The first kappa shape index (κ1) is 29.3. The van der Waals surface area contributed by atoms with Gasteiger partial charge in [0.05, 0.1) is 0 Å². The number of anilines is 1. The second-order valence-electron chi connectivity index (χ2n) is 8.99. The van der Waals surface area contributed by atoms with Crippen molar-refractivity contribution in [1.29, 1.82) is 0 Å². The van der Waals surface area contributed by atoms with Gasteiger partial charge in [0.25, 0.3) is 0 Å². The maximum atomic E-state index is 13.9. The number of carbonyl (C=O) groups is 1. The van der Waals surface area contributed by atoms with E-state index in [1.807, 2.05) is 5.82 Å². The van der Waals surface area contributed by atoms with Crippen molar-refractivity contribution >= 4 is 45.7 Å². The van der Waals surface area contributed by atoms with Crippen LogP contribution in [0.4, 0.5) is 10.2 Å². The van der Waals surface area contributed by atoms with Crippen LogP contribution >= 0.6 is 7.75 Å². The van der Waals surface area contributed by atoms with Crippen molar-refractivity contribution in [2.45, 2.75) is 62.0 Å². The Balaban J connectivity index is 1.54. The molecule has 0 radical (unpaired) electrons. The third-order valence-corrected chi connectivity index (χ3v) is 9.57. The third kappa shape index (κ3) is 6.75. The number of benzene rings is 1. The predicted molar refractivity (Wildman–Crippen MR) is 139 cm³/mol. The van der Waals surface area contributed by atoms with Crippen molar-refractivity contribution in [1.82, 2.24) is 24.6 Å². The number of carbonyl (C=O) groups excluding carboxylic acids is 1. The number of esters is 1. The van der Waals surface area contributed by atoms with E-state index < -0.39 is 49.1 Å². The Morgan fingerprint density at radius 2 is 2.03 bits per heavy atom. The number of aromatic nitrogens is 4. The Labute approximate surface area is 230 Å². The molecule has 212 valence electrons. The van der Waals surface area contributed by atoms with Crippen LogP contribution in [0.2, 0.25) is 10.6 Å². The molecule has 3 heterocycles. The second kappa shape index (κ2) is 12.3. The average Bonchev–Trinajstić information content (AvgIpc) is 3.43. The molecule has 2 aromatic heterocycles. The van der Waals surface area contributed by atoms with Gasteiger partial charge in [-0.25, -0.2) is 0 Å². The predicted octanol–water partition coefficient (Wildman–Crippen LogP) is 2.48. The zero-order chi connectivity index (χ0) is 28.3. The summed E-state index contributed by atoms with van der Waals surface area (Å²) in [6.45, 7) is 4.50. The Morgan fingerprint density at radius 1 is 1.31 bits per heavy atom. The molecule has 6 atom stereocenters. The number of halogens is 1. The molecule has 4 N–H and O–H groups in total. The molecule has 16 heteroatoms. The van der Waals surface area contributed by atoms with Crippen LogP contribution in [-0.4, -0.2) is 76.5 Å². The van der Waals surface area contributed by atoms with Gasteiger partial charge in [-0.05, 0) is 0 Å². The Hall–Kier alpha value is -2.64. The van der Waals surface area contributed by atoms with E-state index in [9.17, 15) is 18.9 Å². The van der Waals surface area contributed by atoms with Crippen molar-refractivity contribution in [3.63, 3.8) is 0 Å². The molecule has 1 saturated heterocycles. The van der Waals surface area contributed by atoms with Gasteiger partial charge in [0, 0.05) is 0 Å². The molecule has 0 saturated carbocycles. The summed E-state index contributed by atoms with van der Waals surface area (Å²) >= 11 is -0.149. The van der Waals surface area contributed by atoms with Gasteiger partial charge in [0.2, 0.25) is 0 Å². The van der Waals surface area contributed by atoms with E-state index in [0.717, 1.165) is 0 Å². The van der Waals surface area contributed by atoms with E-state index in [1.165, 1.54) is 17.8 Å². The van der Waals surface area contributed by atoms with Crippen LogP contribution in [0.5, 0.6) is 5.75 Å². The molecule has 0 unspecified atom stereocenters. The number of aliphatic hydroxyl groups excluding tert-OH is 1. The van der Waals surface area contributed by atoms with Gasteiger partial charge in [-0.1, -0.05) is 0 Å². The van der Waals surface area contributed by atoms with Gasteiger partial charge < -0.3 is 0 Å². The molecule has 0 bridgehead atoms. The van der Waals surface area contributed by atoms with Crippen LogP contribution < -0.4 is 15.3 Å². The average molecular weight is 631 g/mol. The zero-order valence-electron chi connectivity index (χ0n) is 21.6. The number of nitrogen functional groups attached to an aromatic ring is 1. The molecule has 1 aromatic carbocycles. The first-order valence-corrected chi connectivity index (χ1v) is 16.2.